The van der Waals surface area contributed by atoms with E-state index in [-0.39, 0.29) is 6.54 Å². The molecule has 31 heavy (non-hydrogen) atoms. The van der Waals surface area contributed by atoms with Crippen molar-refractivity contribution in [1.82, 2.24) is 15.2 Å². The molecule has 1 fully saturated rings. The fourth-order valence-corrected chi connectivity index (χ4v) is 5.43. The molecule has 3 aromatic rings. The van der Waals surface area contributed by atoms with E-state index in [9.17, 15) is 14.4 Å². The first-order valence-electron chi connectivity index (χ1n) is 9.86. The molecule has 1 saturated heterocycles. The van der Waals surface area contributed by atoms with Gasteiger partial charge < -0.3 is 10.6 Å². The summed E-state index contributed by atoms with van der Waals surface area (Å²) in [4.78, 5) is 46.1. The van der Waals surface area contributed by atoms with Crippen molar-refractivity contribution in [3.8, 4) is 11.3 Å². The van der Waals surface area contributed by atoms with Gasteiger partial charge in [0, 0.05) is 20.7 Å². The number of benzene rings is 1. The van der Waals surface area contributed by atoms with Crippen LogP contribution in [0.25, 0.3) is 11.3 Å². The largest absolute Gasteiger partial charge is 0.325 e. The third-order valence-electron chi connectivity index (χ3n) is 5.34. The van der Waals surface area contributed by atoms with Gasteiger partial charge in [-0.05, 0) is 31.9 Å². The summed E-state index contributed by atoms with van der Waals surface area (Å²) < 4.78 is 0. The lowest BCUT2D eigenvalue weighted by Crippen LogP contribution is -2.44. The molecule has 2 aromatic heterocycles. The van der Waals surface area contributed by atoms with Gasteiger partial charge in [0.15, 0.2) is 5.13 Å². The Hall–Kier alpha value is -3.04. The molecule has 3 heterocycles. The van der Waals surface area contributed by atoms with E-state index in [4.69, 9.17) is 0 Å². The highest BCUT2D eigenvalue weighted by Gasteiger charge is 2.51. The number of nitrogens with one attached hydrogen (secondary N) is 2. The number of rotatable bonds is 6. The monoisotopic (exact) mass is 454 g/mol. The normalized spacial score (nSPS) is 18.4. The molecule has 0 bridgehead atoms. The number of carbonyl (C=O) groups is 3. The first-order chi connectivity index (χ1) is 14.8. The number of aryl methyl sites for hydroxylation is 2. The summed E-state index contributed by atoms with van der Waals surface area (Å²) in [6, 6.07) is 10.6. The van der Waals surface area contributed by atoms with E-state index in [1.807, 2.05) is 44.4 Å². The maximum atomic E-state index is 13.1. The standard InChI is InChI=1S/C22H22N4O3S2/c1-4-22(15-8-6-5-7-9-15)19(28)26(21(29)25-22)11-18(27)24-20-23-17(12-30-20)16-10-13(2)31-14(16)3/h5-10,12H,4,11H2,1-3H3,(H,25,29)(H,23,24,27). The maximum Gasteiger partial charge on any atom is 0.325 e. The topological polar surface area (TPSA) is 91.4 Å². The van der Waals surface area contributed by atoms with Crippen LogP contribution in [-0.4, -0.2) is 34.3 Å². The van der Waals surface area contributed by atoms with Gasteiger partial charge in [-0.15, -0.1) is 22.7 Å². The summed E-state index contributed by atoms with van der Waals surface area (Å²) in [7, 11) is 0. The first kappa shape index (κ1) is 21.2. The summed E-state index contributed by atoms with van der Waals surface area (Å²) in [6.45, 7) is 5.54. The Bertz CT molecular complexity index is 1150. The molecule has 0 radical (unpaired) electrons. The van der Waals surface area contributed by atoms with Crippen LogP contribution in [0, 0.1) is 13.8 Å². The van der Waals surface area contributed by atoms with E-state index in [0.717, 1.165) is 21.0 Å². The quantitative estimate of drug-likeness (QED) is 0.544. The van der Waals surface area contributed by atoms with Crippen molar-refractivity contribution in [2.24, 2.45) is 0 Å². The average molecular weight is 455 g/mol. The molecule has 4 rings (SSSR count). The molecule has 1 aromatic carbocycles. The van der Waals surface area contributed by atoms with Crippen LogP contribution in [0.15, 0.2) is 41.8 Å². The SMILES string of the molecule is CCC1(c2ccccc2)NC(=O)N(CC(=O)Nc2nc(-c3cc(C)sc3C)cs2)C1=O. The van der Waals surface area contributed by atoms with Gasteiger partial charge in [0.1, 0.15) is 12.1 Å². The van der Waals surface area contributed by atoms with Crippen molar-refractivity contribution in [2.75, 3.05) is 11.9 Å². The Morgan fingerprint density at radius 1 is 1.23 bits per heavy atom. The Morgan fingerprint density at radius 2 is 1.97 bits per heavy atom. The van der Waals surface area contributed by atoms with Crippen LogP contribution in [0.5, 0.6) is 0 Å². The van der Waals surface area contributed by atoms with Gasteiger partial charge in [-0.25, -0.2) is 9.78 Å². The maximum absolute atomic E-state index is 13.1. The van der Waals surface area contributed by atoms with Crippen molar-refractivity contribution in [1.29, 1.82) is 0 Å². The number of hydrogen-bond donors (Lipinski definition) is 2. The molecule has 2 N–H and O–H groups in total. The lowest BCUT2D eigenvalue weighted by Gasteiger charge is -2.25. The van der Waals surface area contributed by atoms with E-state index < -0.39 is 23.4 Å². The van der Waals surface area contributed by atoms with Crippen molar-refractivity contribution in [3.05, 3.63) is 57.1 Å². The van der Waals surface area contributed by atoms with Gasteiger partial charge >= 0.3 is 6.03 Å². The minimum Gasteiger partial charge on any atom is -0.319 e. The summed E-state index contributed by atoms with van der Waals surface area (Å²) in [6.07, 6.45) is 0.384. The molecular formula is C22H22N4O3S2. The number of carbonyl (C=O) groups excluding carboxylic acids is 3. The first-order valence-corrected chi connectivity index (χ1v) is 11.6. The second-order valence-electron chi connectivity index (χ2n) is 7.36. The fourth-order valence-electron chi connectivity index (χ4n) is 3.77. The number of amides is 4. The molecule has 4 amide bonds. The number of thiophene rings is 1. The Balaban J connectivity index is 1.47. The van der Waals surface area contributed by atoms with E-state index in [0.29, 0.717) is 17.1 Å². The molecule has 0 aliphatic carbocycles. The van der Waals surface area contributed by atoms with Crippen molar-refractivity contribution >= 4 is 45.7 Å². The second kappa shape index (κ2) is 8.24. The van der Waals surface area contributed by atoms with Crippen LogP contribution in [0.3, 0.4) is 0 Å². The molecule has 1 atom stereocenters. The zero-order valence-corrected chi connectivity index (χ0v) is 19.0. The Kier molecular flexibility index (Phi) is 5.63. The highest BCUT2D eigenvalue weighted by molar-refractivity contribution is 7.14. The number of thiazole rings is 1. The third-order valence-corrected chi connectivity index (χ3v) is 7.07. The molecule has 1 aliphatic heterocycles. The van der Waals surface area contributed by atoms with Gasteiger partial charge in [0.25, 0.3) is 5.91 Å². The molecule has 9 heteroatoms. The van der Waals surface area contributed by atoms with Gasteiger partial charge in [0.05, 0.1) is 5.69 Å². The Labute approximate surface area is 188 Å². The zero-order chi connectivity index (χ0) is 22.2. The van der Waals surface area contributed by atoms with E-state index >= 15 is 0 Å². The minimum absolute atomic E-state index is 0.370. The van der Waals surface area contributed by atoms with Crippen molar-refractivity contribution < 1.29 is 14.4 Å². The summed E-state index contributed by atoms with van der Waals surface area (Å²) >= 11 is 3.01. The van der Waals surface area contributed by atoms with Gasteiger partial charge in [0.2, 0.25) is 5.91 Å². The van der Waals surface area contributed by atoms with Gasteiger partial charge in [-0.1, -0.05) is 37.3 Å². The zero-order valence-electron chi connectivity index (χ0n) is 17.4. The van der Waals surface area contributed by atoms with Crippen LogP contribution >= 0.6 is 22.7 Å². The Morgan fingerprint density at radius 3 is 2.61 bits per heavy atom. The summed E-state index contributed by atoms with van der Waals surface area (Å²) in [5, 5.41) is 7.81. The predicted molar refractivity (Wildman–Crippen MR) is 122 cm³/mol. The molecule has 1 unspecified atom stereocenters. The number of hydrogen-bond acceptors (Lipinski definition) is 6. The predicted octanol–water partition coefficient (Wildman–Crippen LogP) is 4.28. The van der Waals surface area contributed by atoms with Gasteiger partial charge in [-0.3, -0.25) is 14.5 Å². The van der Waals surface area contributed by atoms with Crippen molar-refractivity contribution in [3.63, 3.8) is 0 Å². The lowest BCUT2D eigenvalue weighted by molar-refractivity contribution is -0.134. The van der Waals surface area contributed by atoms with Crippen LogP contribution in [-0.2, 0) is 15.1 Å². The number of imide groups is 1. The highest BCUT2D eigenvalue weighted by Crippen LogP contribution is 2.34. The molecule has 0 saturated carbocycles. The van der Waals surface area contributed by atoms with E-state index in [1.54, 1.807) is 23.5 Å². The molecule has 0 spiro atoms. The average Bonchev–Trinajstić information content (AvgIpc) is 3.41. The molecule has 7 nitrogen and oxygen atoms in total. The summed E-state index contributed by atoms with van der Waals surface area (Å²) in [5.74, 6) is -0.895. The smallest absolute Gasteiger partial charge is 0.319 e. The minimum atomic E-state index is -1.15. The van der Waals surface area contributed by atoms with Crippen LogP contribution < -0.4 is 10.6 Å². The number of nitrogens with zero attached hydrogens (tertiary/aromatic N) is 2. The number of aromatic nitrogens is 1. The summed E-state index contributed by atoms with van der Waals surface area (Å²) in [5.41, 5.74) is 1.39. The van der Waals surface area contributed by atoms with Crippen LogP contribution in [0.2, 0.25) is 0 Å². The lowest BCUT2D eigenvalue weighted by atomic mass is 9.87. The highest BCUT2D eigenvalue weighted by atomic mass is 32.1. The number of urea groups is 1. The molecular weight excluding hydrogens is 432 g/mol. The number of anilines is 1. The van der Waals surface area contributed by atoms with Crippen LogP contribution in [0.4, 0.5) is 9.93 Å². The third kappa shape index (κ3) is 3.86. The fraction of sp³-hybridized carbons (Fsp3) is 0.273. The van der Waals surface area contributed by atoms with Gasteiger partial charge in [-0.2, -0.15) is 0 Å². The van der Waals surface area contributed by atoms with Crippen molar-refractivity contribution in [2.45, 2.75) is 32.7 Å². The molecule has 1 aliphatic rings. The molecule has 160 valence electrons. The second-order valence-corrected chi connectivity index (χ2v) is 9.68. The van der Waals surface area contributed by atoms with E-state index in [1.165, 1.54) is 16.2 Å². The van der Waals surface area contributed by atoms with Crippen LogP contribution in [0.1, 0.15) is 28.7 Å². The van der Waals surface area contributed by atoms with E-state index in [2.05, 4.69) is 21.7 Å².